The number of cyclic esters (lactones) is 1. The average molecular weight is 824 g/mol. The monoisotopic (exact) mass is 823 g/mol. The first-order chi connectivity index (χ1) is 28.4. The van der Waals surface area contributed by atoms with Gasteiger partial charge in [0.05, 0.1) is 42.5 Å². The summed E-state index contributed by atoms with van der Waals surface area (Å²) in [4.78, 5) is 56.3. The van der Waals surface area contributed by atoms with Gasteiger partial charge < -0.3 is 28.5 Å². The van der Waals surface area contributed by atoms with Crippen LogP contribution >= 0.6 is 11.3 Å². The smallest absolute Gasteiger partial charge is 0.324 e. The number of nitrogens with one attached hydrogen (secondary N) is 2. The van der Waals surface area contributed by atoms with Crippen molar-refractivity contribution in [2.45, 2.75) is 91.6 Å². The number of nitrogens with zero attached hydrogens (tertiary/aromatic N) is 5. The van der Waals surface area contributed by atoms with E-state index in [9.17, 15) is 14.4 Å². The molecule has 1 aromatic carbocycles. The molecule has 2 amide bonds. The van der Waals surface area contributed by atoms with Crippen LogP contribution in [0.5, 0.6) is 0 Å². The molecule has 7 atom stereocenters. The minimum absolute atomic E-state index is 0.124. The van der Waals surface area contributed by atoms with Crippen LogP contribution in [0.25, 0.3) is 33.4 Å². The van der Waals surface area contributed by atoms with Crippen LogP contribution in [-0.4, -0.2) is 81.3 Å². The van der Waals surface area contributed by atoms with Crippen molar-refractivity contribution in [2.75, 3.05) is 26.9 Å². The number of hydrogen-bond donors (Lipinski definition) is 2. The molecule has 1 saturated heterocycles. The zero-order valence-corrected chi connectivity index (χ0v) is 35.5. The quantitative estimate of drug-likeness (QED) is 0.153. The number of aromatic nitrogens is 4. The number of ether oxygens (including phenoxy) is 3. The number of carbonyl (C=O) groups is 3. The molecular formula is C44H53N7O7S. The van der Waals surface area contributed by atoms with Gasteiger partial charge in [-0.15, -0.1) is 11.3 Å². The number of esters is 1. The molecule has 2 aliphatic heterocycles. The number of thiazole rings is 1. The first kappa shape index (κ1) is 40.8. The van der Waals surface area contributed by atoms with Crippen LogP contribution < -0.4 is 10.7 Å². The van der Waals surface area contributed by atoms with E-state index in [1.165, 1.54) is 22.7 Å². The van der Waals surface area contributed by atoms with E-state index in [2.05, 4.69) is 52.3 Å². The standard InChI is InChI=1S/C44H53N7O7S/c1-8-56-39-37(48-40(52)35-24(2)25(35)3)42(53)51-16-10-12-32(49-51)43(54)57-22-44(5,6)18-31-30-17-27(33-21-59-41(39)47-33)13-14-34(30)50(20-28-19-45-23-58-28)38(31)29-11-9-15-46-36(29)26(4)55-7/h9,11,13-15,17,19,21,23-26,32,35,37,39,49H,8,10,12,16,18,20,22H2,1-7H3,(H,48,52)/t24-,25+,26-,32-,35+,37-,39-/m0/s1. The third kappa shape index (κ3) is 8.05. The number of carbonyl (C=O) groups excluding carboxylic acids is 3. The Labute approximate surface area is 348 Å². The zero-order valence-electron chi connectivity index (χ0n) is 34.7. The van der Waals surface area contributed by atoms with Crippen LogP contribution in [0.2, 0.25) is 0 Å². The highest BCUT2D eigenvalue weighted by Gasteiger charge is 2.50. The molecule has 6 bridgehead atoms. The molecule has 59 heavy (non-hydrogen) atoms. The van der Waals surface area contributed by atoms with Crippen molar-refractivity contribution in [3.05, 3.63) is 76.5 Å². The molecule has 15 heteroatoms. The molecule has 0 spiro atoms. The van der Waals surface area contributed by atoms with Crippen molar-refractivity contribution >= 4 is 40.0 Å². The largest absolute Gasteiger partial charge is 0.464 e. The van der Waals surface area contributed by atoms with Crippen LogP contribution in [0.1, 0.15) is 88.6 Å². The van der Waals surface area contributed by atoms with Gasteiger partial charge in [-0.05, 0) is 74.8 Å². The number of fused-ring (bicyclic) bond motifs is 6. The second kappa shape index (κ2) is 16.6. The lowest BCUT2D eigenvalue weighted by atomic mass is 9.84. The van der Waals surface area contributed by atoms with E-state index >= 15 is 0 Å². The number of hydrazine groups is 1. The van der Waals surface area contributed by atoms with Gasteiger partial charge in [0.15, 0.2) is 6.39 Å². The molecule has 3 aliphatic rings. The number of benzene rings is 1. The molecule has 0 unspecified atom stereocenters. The number of oxazole rings is 1. The van der Waals surface area contributed by atoms with E-state index in [1.807, 2.05) is 45.2 Å². The van der Waals surface area contributed by atoms with E-state index in [1.54, 1.807) is 19.5 Å². The summed E-state index contributed by atoms with van der Waals surface area (Å²) >= 11 is 1.39. The summed E-state index contributed by atoms with van der Waals surface area (Å²) in [5.74, 6) is -0.130. The highest BCUT2D eigenvalue weighted by molar-refractivity contribution is 7.10. The van der Waals surface area contributed by atoms with Gasteiger partial charge >= 0.3 is 5.97 Å². The summed E-state index contributed by atoms with van der Waals surface area (Å²) in [5.41, 5.74) is 8.87. The number of rotatable bonds is 9. The van der Waals surface area contributed by atoms with Crippen molar-refractivity contribution in [2.24, 2.45) is 23.2 Å². The third-order valence-corrected chi connectivity index (χ3v) is 13.1. The SMILES string of the molecule is CCO[C@@H]1c2nc(cs2)-c2ccc3c(c2)c(c(-c2cccnc2[C@H](C)OC)n3Cc2cnco2)CC(C)(C)COC(=O)[C@@H]2CCCN(N2)C(=O)[C@H]1NC(=O)[C@H]1[C@H](C)[C@@H]1C. The van der Waals surface area contributed by atoms with E-state index in [0.29, 0.717) is 43.1 Å². The lowest BCUT2D eigenvalue weighted by molar-refractivity contribution is -0.156. The van der Waals surface area contributed by atoms with Gasteiger partial charge in [0, 0.05) is 65.2 Å². The summed E-state index contributed by atoms with van der Waals surface area (Å²) < 4.78 is 26.3. The van der Waals surface area contributed by atoms with Gasteiger partial charge in [-0.3, -0.25) is 24.4 Å². The van der Waals surface area contributed by atoms with Gasteiger partial charge in [-0.25, -0.2) is 15.4 Å². The zero-order chi connectivity index (χ0) is 41.6. The lowest BCUT2D eigenvalue weighted by Crippen LogP contribution is -2.61. The minimum Gasteiger partial charge on any atom is -0.464 e. The normalized spacial score (nSPS) is 25.0. The molecule has 5 aromatic rings. The Morgan fingerprint density at radius 3 is 2.73 bits per heavy atom. The fraction of sp³-hybridized carbons (Fsp3) is 0.500. The topological polar surface area (TPSA) is 163 Å². The Morgan fingerprint density at radius 1 is 1.19 bits per heavy atom. The lowest BCUT2D eigenvalue weighted by Gasteiger charge is -2.37. The van der Waals surface area contributed by atoms with Gasteiger partial charge in [-0.2, -0.15) is 0 Å². The molecule has 1 aliphatic carbocycles. The molecular weight excluding hydrogens is 771 g/mol. The molecule has 1 saturated carbocycles. The summed E-state index contributed by atoms with van der Waals surface area (Å²) in [5, 5.41) is 8.05. The molecule has 8 rings (SSSR count). The van der Waals surface area contributed by atoms with Gasteiger partial charge in [0.25, 0.3) is 5.91 Å². The summed E-state index contributed by atoms with van der Waals surface area (Å²) in [6.45, 7) is 13.3. The van der Waals surface area contributed by atoms with Crippen molar-refractivity contribution in [3.63, 3.8) is 0 Å². The predicted octanol–water partition coefficient (Wildman–Crippen LogP) is 6.66. The second-order valence-corrected chi connectivity index (χ2v) is 17.8. The first-order valence-corrected chi connectivity index (χ1v) is 21.4. The van der Waals surface area contributed by atoms with Crippen LogP contribution in [0.15, 0.2) is 58.9 Å². The van der Waals surface area contributed by atoms with Crippen molar-refractivity contribution in [1.29, 1.82) is 0 Å². The van der Waals surface area contributed by atoms with Crippen LogP contribution in [-0.2, 0) is 41.6 Å². The Balaban J connectivity index is 1.31. The second-order valence-electron chi connectivity index (χ2n) is 16.9. The van der Waals surface area contributed by atoms with Crippen molar-refractivity contribution in [3.8, 4) is 22.5 Å². The molecule has 4 aromatic heterocycles. The van der Waals surface area contributed by atoms with E-state index in [0.717, 1.165) is 44.7 Å². The summed E-state index contributed by atoms with van der Waals surface area (Å²) in [6.07, 6.45) is 5.35. The number of methoxy groups -OCH3 is 1. The molecule has 0 radical (unpaired) electrons. The average Bonchev–Trinajstić information content (AvgIpc) is 3.73. The highest BCUT2D eigenvalue weighted by Crippen LogP contribution is 2.46. The van der Waals surface area contributed by atoms with E-state index < -0.39 is 35.5 Å². The van der Waals surface area contributed by atoms with Gasteiger partial charge in [0.1, 0.15) is 29.0 Å². The van der Waals surface area contributed by atoms with Crippen LogP contribution in [0, 0.1) is 23.2 Å². The molecule has 2 fully saturated rings. The van der Waals surface area contributed by atoms with Gasteiger partial charge in [0.2, 0.25) is 5.91 Å². The third-order valence-electron chi connectivity index (χ3n) is 12.2. The first-order valence-electron chi connectivity index (χ1n) is 20.5. The highest BCUT2D eigenvalue weighted by atomic mass is 32.1. The van der Waals surface area contributed by atoms with Crippen molar-refractivity contribution < 1.29 is 33.0 Å². The minimum atomic E-state index is -1.09. The van der Waals surface area contributed by atoms with Crippen molar-refractivity contribution in [1.82, 2.24) is 35.3 Å². The molecule has 6 heterocycles. The number of hydrogen-bond acceptors (Lipinski definition) is 12. The Morgan fingerprint density at radius 2 is 2.00 bits per heavy atom. The summed E-state index contributed by atoms with van der Waals surface area (Å²) in [6, 6.07) is 8.45. The maximum atomic E-state index is 14.6. The fourth-order valence-electron chi connectivity index (χ4n) is 8.64. The van der Waals surface area contributed by atoms with Crippen LogP contribution in [0.4, 0.5) is 0 Å². The Hall–Kier alpha value is -4.96. The van der Waals surface area contributed by atoms with Gasteiger partial charge in [-0.1, -0.05) is 33.8 Å². The fourth-order valence-corrected chi connectivity index (χ4v) is 9.55. The maximum Gasteiger partial charge on any atom is 0.324 e. The summed E-state index contributed by atoms with van der Waals surface area (Å²) in [7, 11) is 1.68. The number of pyridine rings is 1. The number of amides is 2. The molecule has 312 valence electrons. The van der Waals surface area contributed by atoms with E-state index in [4.69, 9.17) is 28.6 Å². The Kier molecular flexibility index (Phi) is 11.5. The van der Waals surface area contributed by atoms with E-state index in [-0.39, 0.29) is 43.0 Å². The Bertz CT molecular complexity index is 2330. The molecule has 2 N–H and O–H groups in total. The van der Waals surface area contributed by atoms with Crippen LogP contribution in [0.3, 0.4) is 0 Å². The molecule has 14 nitrogen and oxygen atoms in total. The predicted molar refractivity (Wildman–Crippen MR) is 222 cm³/mol. The maximum absolute atomic E-state index is 14.6.